The monoisotopic (exact) mass is 270 g/mol. The Bertz CT molecular complexity index is 684. The fourth-order valence-electron chi connectivity index (χ4n) is 2.34. The van der Waals surface area contributed by atoms with Crippen LogP contribution in [0.15, 0.2) is 24.4 Å². The van der Waals surface area contributed by atoms with E-state index in [1.807, 2.05) is 26.0 Å². The minimum absolute atomic E-state index is 0.115. The molecule has 0 fully saturated rings. The summed E-state index contributed by atoms with van der Waals surface area (Å²) in [6.07, 6.45) is 1.55. The molecule has 0 atom stereocenters. The van der Waals surface area contributed by atoms with Crippen molar-refractivity contribution in [2.75, 3.05) is 0 Å². The molecular formula is C16H18N2O2. The van der Waals surface area contributed by atoms with Crippen LogP contribution in [0.1, 0.15) is 44.0 Å². The Morgan fingerprint density at radius 3 is 2.30 bits per heavy atom. The number of aryl methyl sites for hydroxylation is 4. The molecule has 1 aromatic carbocycles. The molecular weight excluding hydrogens is 252 g/mol. The van der Waals surface area contributed by atoms with Crippen molar-refractivity contribution in [1.82, 2.24) is 9.78 Å². The predicted molar refractivity (Wildman–Crippen MR) is 77.1 cm³/mol. The smallest absolute Gasteiger partial charge is 0.174 e. The second-order valence-corrected chi connectivity index (χ2v) is 5.14. The minimum atomic E-state index is -0.180. The highest BCUT2D eigenvalue weighted by Crippen LogP contribution is 2.15. The lowest BCUT2D eigenvalue weighted by Gasteiger charge is -2.05. The molecule has 1 aromatic heterocycles. The van der Waals surface area contributed by atoms with Gasteiger partial charge in [0.15, 0.2) is 11.6 Å². The lowest BCUT2D eigenvalue weighted by Crippen LogP contribution is -2.10. The summed E-state index contributed by atoms with van der Waals surface area (Å²) in [4.78, 5) is 24.4. The Morgan fingerprint density at radius 2 is 1.75 bits per heavy atom. The number of Topliss-reactive ketones (excluding diaryl/α,β-unsaturated/α-hetero) is 2. The van der Waals surface area contributed by atoms with Crippen molar-refractivity contribution >= 4 is 11.6 Å². The van der Waals surface area contributed by atoms with Gasteiger partial charge in [-0.15, -0.1) is 0 Å². The molecule has 0 aliphatic rings. The van der Waals surface area contributed by atoms with Crippen LogP contribution < -0.4 is 0 Å². The average Bonchev–Trinajstić information content (AvgIpc) is 2.68. The largest absolute Gasteiger partial charge is 0.294 e. The van der Waals surface area contributed by atoms with Crippen molar-refractivity contribution in [3.05, 3.63) is 52.3 Å². The number of hydrogen-bond donors (Lipinski definition) is 0. The lowest BCUT2D eigenvalue weighted by molar-refractivity contribution is 0.0893. The van der Waals surface area contributed by atoms with E-state index < -0.39 is 0 Å². The molecule has 0 aliphatic heterocycles. The molecule has 4 heteroatoms. The number of carbonyl (C=O) groups excluding carboxylic acids is 2. The third-order valence-electron chi connectivity index (χ3n) is 3.32. The highest BCUT2D eigenvalue weighted by Gasteiger charge is 2.18. The summed E-state index contributed by atoms with van der Waals surface area (Å²) in [5.74, 6) is -0.323. The molecule has 0 aliphatic carbocycles. The summed E-state index contributed by atoms with van der Waals surface area (Å²) in [5, 5.41) is 4.13. The number of nitrogens with zero attached hydrogens (tertiary/aromatic N) is 2. The van der Waals surface area contributed by atoms with Crippen LogP contribution in [0.5, 0.6) is 0 Å². The molecule has 0 radical (unpaired) electrons. The van der Waals surface area contributed by atoms with Gasteiger partial charge in [-0.1, -0.05) is 23.8 Å². The summed E-state index contributed by atoms with van der Waals surface area (Å²) in [6, 6.07) is 5.63. The SMILES string of the molecule is Cc1ccc(C(=O)CC(=O)c2cn(C)nc2C)c(C)c1. The number of rotatable bonds is 4. The zero-order valence-corrected chi connectivity index (χ0v) is 12.2. The predicted octanol–water partition coefficient (Wildman–Crippen LogP) is 2.80. The van der Waals surface area contributed by atoms with E-state index in [1.165, 1.54) is 0 Å². The van der Waals surface area contributed by atoms with Gasteiger partial charge in [0.05, 0.1) is 17.7 Å². The summed E-state index contributed by atoms with van der Waals surface area (Å²) in [5.41, 5.74) is 3.81. The molecule has 20 heavy (non-hydrogen) atoms. The first-order valence-electron chi connectivity index (χ1n) is 6.52. The Hall–Kier alpha value is -2.23. The molecule has 104 valence electrons. The standard InChI is InChI=1S/C16H18N2O2/c1-10-5-6-13(11(2)7-10)15(19)8-16(20)14-9-18(4)17-12(14)3/h5-7,9H,8H2,1-4H3. The quantitative estimate of drug-likeness (QED) is 0.634. The van der Waals surface area contributed by atoms with Crippen LogP contribution in [0, 0.1) is 20.8 Å². The first kappa shape index (κ1) is 14.2. The Morgan fingerprint density at radius 1 is 1.10 bits per heavy atom. The van der Waals surface area contributed by atoms with Crippen LogP contribution in [-0.4, -0.2) is 21.3 Å². The van der Waals surface area contributed by atoms with Crippen molar-refractivity contribution in [3.8, 4) is 0 Å². The van der Waals surface area contributed by atoms with Crippen LogP contribution in [0.4, 0.5) is 0 Å². The second kappa shape index (κ2) is 5.41. The van der Waals surface area contributed by atoms with Gasteiger partial charge in [0, 0.05) is 18.8 Å². The molecule has 0 unspecified atom stereocenters. The van der Waals surface area contributed by atoms with Crippen molar-refractivity contribution in [2.24, 2.45) is 7.05 Å². The van der Waals surface area contributed by atoms with Crippen LogP contribution in [0.3, 0.4) is 0 Å². The van der Waals surface area contributed by atoms with Gasteiger partial charge in [-0.3, -0.25) is 14.3 Å². The van der Waals surface area contributed by atoms with E-state index in [0.29, 0.717) is 16.8 Å². The third-order valence-corrected chi connectivity index (χ3v) is 3.32. The summed E-state index contributed by atoms with van der Waals surface area (Å²) in [7, 11) is 1.76. The van der Waals surface area contributed by atoms with Gasteiger partial charge in [0.1, 0.15) is 0 Å². The van der Waals surface area contributed by atoms with Crippen molar-refractivity contribution < 1.29 is 9.59 Å². The summed E-state index contributed by atoms with van der Waals surface area (Å²) < 4.78 is 1.59. The second-order valence-electron chi connectivity index (χ2n) is 5.14. The molecule has 2 aromatic rings. The van der Waals surface area contributed by atoms with Gasteiger partial charge < -0.3 is 0 Å². The number of benzene rings is 1. The normalized spacial score (nSPS) is 10.6. The van der Waals surface area contributed by atoms with Gasteiger partial charge in [-0.25, -0.2) is 0 Å². The Kier molecular flexibility index (Phi) is 3.84. The van der Waals surface area contributed by atoms with Gasteiger partial charge in [-0.05, 0) is 26.3 Å². The van der Waals surface area contributed by atoms with E-state index in [0.717, 1.165) is 11.1 Å². The molecule has 0 spiro atoms. The Labute approximate surface area is 118 Å². The summed E-state index contributed by atoms with van der Waals surface area (Å²) in [6.45, 7) is 5.64. The maximum atomic E-state index is 12.2. The van der Waals surface area contributed by atoms with Crippen LogP contribution in [-0.2, 0) is 7.05 Å². The number of ketones is 2. The zero-order chi connectivity index (χ0) is 14.9. The third kappa shape index (κ3) is 2.85. The maximum Gasteiger partial charge on any atom is 0.174 e. The first-order valence-corrected chi connectivity index (χ1v) is 6.52. The topological polar surface area (TPSA) is 52.0 Å². The van der Waals surface area contributed by atoms with Gasteiger partial charge in [-0.2, -0.15) is 5.10 Å². The lowest BCUT2D eigenvalue weighted by atomic mass is 9.97. The van der Waals surface area contributed by atoms with Crippen molar-refractivity contribution in [2.45, 2.75) is 27.2 Å². The fourth-order valence-corrected chi connectivity index (χ4v) is 2.34. The highest BCUT2D eigenvalue weighted by molar-refractivity contribution is 6.14. The van der Waals surface area contributed by atoms with E-state index in [-0.39, 0.29) is 18.0 Å². The van der Waals surface area contributed by atoms with Crippen LogP contribution >= 0.6 is 0 Å². The molecule has 2 rings (SSSR count). The minimum Gasteiger partial charge on any atom is -0.294 e. The summed E-state index contributed by atoms with van der Waals surface area (Å²) >= 11 is 0. The molecule has 0 saturated heterocycles. The van der Waals surface area contributed by atoms with E-state index in [2.05, 4.69) is 5.10 Å². The van der Waals surface area contributed by atoms with Crippen molar-refractivity contribution in [3.63, 3.8) is 0 Å². The van der Waals surface area contributed by atoms with E-state index in [9.17, 15) is 9.59 Å². The van der Waals surface area contributed by atoms with Crippen LogP contribution in [0.25, 0.3) is 0 Å². The van der Waals surface area contributed by atoms with Gasteiger partial charge in [0.2, 0.25) is 0 Å². The zero-order valence-electron chi connectivity index (χ0n) is 12.2. The molecule has 1 heterocycles. The first-order chi connectivity index (χ1) is 9.38. The molecule has 0 amide bonds. The number of aromatic nitrogens is 2. The molecule has 4 nitrogen and oxygen atoms in total. The van der Waals surface area contributed by atoms with Gasteiger partial charge in [0.25, 0.3) is 0 Å². The molecule has 0 N–H and O–H groups in total. The van der Waals surface area contributed by atoms with E-state index in [4.69, 9.17) is 0 Å². The fraction of sp³-hybridized carbons (Fsp3) is 0.312. The van der Waals surface area contributed by atoms with Gasteiger partial charge >= 0.3 is 0 Å². The maximum absolute atomic E-state index is 12.2. The molecule has 0 bridgehead atoms. The highest BCUT2D eigenvalue weighted by atomic mass is 16.1. The van der Waals surface area contributed by atoms with Crippen LogP contribution in [0.2, 0.25) is 0 Å². The Balaban J connectivity index is 2.19. The van der Waals surface area contributed by atoms with E-state index >= 15 is 0 Å². The number of carbonyl (C=O) groups is 2. The molecule has 0 saturated carbocycles. The van der Waals surface area contributed by atoms with Crippen molar-refractivity contribution in [1.29, 1.82) is 0 Å². The van der Waals surface area contributed by atoms with E-state index in [1.54, 1.807) is 30.9 Å². The average molecular weight is 270 g/mol. The number of hydrogen-bond acceptors (Lipinski definition) is 3.